The zero-order chi connectivity index (χ0) is 17.7. The fourth-order valence-electron chi connectivity index (χ4n) is 2.85. The topological polar surface area (TPSA) is 35.5 Å². The van der Waals surface area contributed by atoms with Crippen molar-refractivity contribution in [3.63, 3.8) is 0 Å². The molecule has 0 aromatic heterocycles. The van der Waals surface area contributed by atoms with E-state index in [4.69, 9.17) is 9.47 Å². The Kier molecular flexibility index (Phi) is 6.39. The van der Waals surface area contributed by atoms with Gasteiger partial charge in [0.25, 0.3) is 0 Å². The van der Waals surface area contributed by atoms with E-state index in [9.17, 15) is 4.79 Å². The van der Waals surface area contributed by atoms with Crippen molar-refractivity contribution >= 4 is 17.7 Å². The number of unbranched alkanes of at least 4 members (excludes halogenated alkanes) is 1. The second kappa shape index (κ2) is 8.11. The quantitative estimate of drug-likeness (QED) is 0.396. The van der Waals surface area contributed by atoms with E-state index in [1.54, 1.807) is 7.11 Å². The van der Waals surface area contributed by atoms with Crippen LogP contribution in [0.3, 0.4) is 0 Å². The number of carbonyl (C=O) groups excluding carboxylic acids is 1. The number of cyclic esters (lactones) is 1. The molecule has 132 valence electrons. The molecular formula is C20H28O3S. The molecule has 4 heteroatoms. The van der Waals surface area contributed by atoms with Crippen molar-refractivity contribution < 1.29 is 14.3 Å². The Balaban J connectivity index is 2.27. The van der Waals surface area contributed by atoms with Crippen molar-refractivity contribution in [2.75, 3.05) is 13.7 Å². The Bertz CT molecular complexity index is 596. The van der Waals surface area contributed by atoms with Crippen LogP contribution in [0.5, 0.6) is 0 Å². The second-order valence-electron chi connectivity index (χ2n) is 7.08. The van der Waals surface area contributed by atoms with Gasteiger partial charge in [0.15, 0.2) is 0 Å². The number of rotatable bonds is 6. The van der Waals surface area contributed by atoms with E-state index in [-0.39, 0.29) is 16.6 Å². The standard InChI is InChI=1S/C20H28O3S/c1-6-7-8-17(22-5)16-13-23-19(21)18(16)14-9-11-15(12-10-14)24-20(2,3)4/h9-12,18H,6-8,13H2,1-5H3/b17-16+. The highest BCUT2D eigenvalue weighted by Gasteiger charge is 2.35. The Morgan fingerprint density at radius 1 is 1.29 bits per heavy atom. The molecule has 1 aromatic carbocycles. The van der Waals surface area contributed by atoms with E-state index in [0.717, 1.165) is 36.2 Å². The number of thioether (sulfide) groups is 1. The smallest absolute Gasteiger partial charge is 0.318 e. The molecule has 1 aliphatic heterocycles. The molecule has 2 rings (SSSR count). The van der Waals surface area contributed by atoms with Gasteiger partial charge in [0.2, 0.25) is 0 Å². The van der Waals surface area contributed by atoms with E-state index in [2.05, 4.69) is 39.8 Å². The average Bonchev–Trinajstić information content (AvgIpc) is 2.89. The molecule has 1 unspecified atom stereocenters. The maximum absolute atomic E-state index is 12.3. The maximum atomic E-state index is 12.3. The van der Waals surface area contributed by atoms with Gasteiger partial charge in [0.05, 0.1) is 12.9 Å². The Hall–Kier alpha value is -1.42. The molecule has 24 heavy (non-hydrogen) atoms. The molecule has 1 aromatic rings. The first-order valence-electron chi connectivity index (χ1n) is 8.57. The first kappa shape index (κ1) is 18.9. The lowest BCUT2D eigenvalue weighted by Crippen LogP contribution is -2.10. The summed E-state index contributed by atoms with van der Waals surface area (Å²) >= 11 is 1.82. The fraction of sp³-hybridized carbons (Fsp3) is 0.550. The predicted molar refractivity (Wildman–Crippen MR) is 99.3 cm³/mol. The van der Waals surface area contributed by atoms with Gasteiger partial charge in [-0.15, -0.1) is 11.8 Å². The molecule has 0 radical (unpaired) electrons. The lowest BCUT2D eigenvalue weighted by Gasteiger charge is -2.18. The second-order valence-corrected chi connectivity index (χ2v) is 8.98. The molecule has 0 N–H and O–H groups in total. The summed E-state index contributed by atoms with van der Waals surface area (Å²) in [6.45, 7) is 9.07. The summed E-state index contributed by atoms with van der Waals surface area (Å²) in [7, 11) is 1.68. The van der Waals surface area contributed by atoms with Crippen LogP contribution in [0, 0.1) is 0 Å². The van der Waals surface area contributed by atoms with E-state index in [1.807, 2.05) is 23.9 Å². The molecule has 1 fully saturated rings. The molecule has 0 saturated carbocycles. The number of hydrogen-bond donors (Lipinski definition) is 0. The van der Waals surface area contributed by atoms with Gasteiger partial charge in [-0.05, 0) is 24.1 Å². The fourth-order valence-corrected chi connectivity index (χ4v) is 3.83. The normalized spacial score (nSPS) is 20.0. The molecule has 3 nitrogen and oxygen atoms in total. The maximum Gasteiger partial charge on any atom is 0.318 e. The third-order valence-electron chi connectivity index (χ3n) is 3.95. The van der Waals surface area contributed by atoms with Gasteiger partial charge in [-0.1, -0.05) is 46.2 Å². The van der Waals surface area contributed by atoms with Crippen LogP contribution in [0.2, 0.25) is 0 Å². The third-order valence-corrected chi connectivity index (χ3v) is 5.07. The number of hydrogen-bond acceptors (Lipinski definition) is 4. The minimum absolute atomic E-state index is 0.169. The molecule has 1 atom stereocenters. The lowest BCUT2D eigenvalue weighted by atomic mass is 9.91. The molecule has 0 amide bonds. The number of esters is 1. The van der Waals surface area contributed by atoms with Crippen molar-refractivity contribution in [2.24, 2.45) is 0 Å². The van der Waals surface area contributed by atoms with E-state index in [1.165, 1.54) is 4.90 Å². The highest BCUT2D eigenvalue weighted by atomic mass is 32.2. The van der Waals surface area contributed by atoms with Crippen LogP contribution in [-0.4, -0.2) is 24.4 Å². The summed E-state index contributed by atoms with van der Waals surface area (Å²) in [6, 6.07) is 8.26. The number of allylic oxidation sites excluding steroid dienone is 1. The molecule has 0 spiro atoms. The monoisotopic (exact) mass is 348 g/mol. The highest BCUT2D eigenvalue weighted by molar-refractivity contribution is 8.00. The predicted octanol–water partition coefficient (Wildman–Crippen LogP) is 5.31. The van der Waals surface area contributed by atoms with Crippen LogP contribution in [-0.2, 0) is 14.3 Å². The van der Waals surface area contributed by atoms with Crippen molar-refractivity contribution in [3.8, 4) is 0 Å². The van der Waals surface area contributed by atoms with Crippen LogP contribution in [0.15, 0.2) is 40.5 Å². The minimum Gasteiger partial charge on any atom is -0.501 e. The van der Waals surface area contributed by atoms with Gasteiger partial charge in [0.1, 0.15) is 12.5 Å². The van der Waals surface area contributed by atoms with Crippen molar-refractivity contribution in [1.29, 1.82) is 0 Å². The first-order chi connectivity index (χ1) is 11.4. The molecule has 1 heterocycles. The van der Waals surface area contributed by atoms with Gasteiger partial charge in [0, 0.05) is 21.6 Å². The van der Waals surface area contributed by atoms with Crippen molar-refractivity contribution in [2.45, 2.75) is 62.5 Å². The zero-order valence-electron chi connectivity index (χ0n) is 15.3. The van der Waals surface area contributed by atoms with Crippen LogP contribution in [0.1, 0.15) is 58.4 Å². The highest BCUT2D eigenvalue weighted by Crippen LogP contribution is 2.37. The number of ether oxygens (including phenoxy) is 2. The number of methoxy groups -OCH3 is 1. The van der Waals surface area contributed by atoms with Gasteiger partial charge >= 0.3 is 5.97 Å². The molecule has 1 saturated heterocycles. The third kappa shape index (κ3) is 4.79. The minimum atomic E-state index is -0.328. The molecule has 0 bridgehead atoms. The van der Waals surface area contributed by atoms with Gasteiger partial charge in [-0.2, -0.15) is 0 Å². The summed E-state index contributed by atoms with van der Waals surface area (Å²) in [5.74, 6) is 0.401. The molecular weight excluding hydrogens is 320 g/mol. The van der Waals surface area contributed by atoms with Crippen molar-refractivity contribution in [1.82, 2.24) is 0 Å². The largest absolute Gasteiger partial charge is 0.501 e. The van der Waals surface area contributed by atoms with E-state index >= 15 is 0 Å². The Labute approximate surface area is 149 Å². The number of benzene rings is 1. The summed E-state index contributed by atoms with van der Waals surface area (Å²) in [5, 5.41) is 0. The van der Waals surface area contributed by atoms with Crippen LogP contribution in [0.25, 0.3) is 0 Å². The molecule has 0 aliphatic carbocycles. The first-order valence-corrected chi connectivity index (χ1v) is 9.39. The summed E-state index contributed by atoms with van der Waals surface area (Å²) in [6.07, 6.45) is 3.00. The van der Waals surface area contributed by atoms with E-state index < -0.39 is 0 Å². The van der Waals surface area contributed by atoms with Gasteiger partial charge in [-0.25, -0.2) is 0 Å². The van der Waals surface area contributed by atoms with Crippen LogP contribution >= 0.6 is 11.8 Å². The lowest BCUT2D eigenvalue weighted by molar-refractivity contribution is -0.139. The van der Waals surface area contributed by atoms with Crippen molar-refractivity contribution in [3.05, 3.63) is 41.2 Å². The van der Waals surface area contributed by atoms with Crippen LogP contribution < -0.4 is 0 Å². The number of carbonyl (C=O) groups is 1. The average molecular weight is 349 g/mol. The van der Waals surface area contributed by atoms with Gasteiger partial charge in [-0.3, -0.25) is 4.79 Å². The summed E-state index contributed by atoms with van der Waals surface area (Å²) in [4.78, 5) is 13.5. The summed E-state index contributed by atoms with van der Waals surface area (Å²) in [5.41, 5.74) is 1.96. The molecule has 1 aliphatic rings. The Morgan fingerprint density at radius 2 is 1.96 bits per heavy atom. The zero-order valence-corrected chi connectivity index (χ0v) is 16.2. The van der Waals surface area contributed by atoms with E-state index in [0.29, 0.717) is 6.61 Å². The van der Waals surface area contributed by atoms with Crippen LogP contribution in [0.4, 0.5) is 0 Å². The Morgan fingerprint density at radius 3 is 2.50 bits per heavy atom. The summed E-state index contributed by atoms with van der Waals surface area (Å²) < 4.78 is 11.1. The SMILES string of the molecule is CCCC/C(OC)=C1/COC(=O)C1c1ccc(SC(C)(C)C)cc1. The van der Waals surface area contributed by atoms with Gasteiger partial charge < -0.3 is 9.47 Å².